The molecule has 2 atom stereocenters. The van der Waals surface area contributed by atoms with Crippen LogP contribution in [0, 0.1) is 25.2 Å². The van der Waals surface area contributed by atoms with E-state index in [1.165, 1.54) is 12.4 Å². The van der Waals surface area contributed by atoms with Crippen LogP contribution in [-0.2, 0) is 11.3 Å². The van der Waals surface area contributed by atoms with Crippen LogP contribution in [0.5, 0.6) is 0 Å². The molecule has 1 aliphatic heterocycles. The second-order valence-corrected chi connectivity index (χ2v) is 7.47. The lowest BCUT2D eigenvalue weighted by Gasteiger charge is -2.23. The normalized spacial score (nSPS) is 15.5. The Kier molecular flexibility index (Phi) is 6.80. The fraction of sp³-hybridized carbons (Fsp3) is 0.304. The van der Waals surface area contributed by atoms with E-state index >= 15 is 0 Å². The van der Waals surface area contributed by atoms with Crippen molar-refractivity contribution in [1.29, 1.82) is 5.26 Å². The first-order valence-electron chi connectivity index (χ1n) is 9.88. The molecule has 1 aliphatic rings. The van der Waals surface area contributed by atoms with Crippen LogP contribution in [0.15, 0.2) is 41.2 Å². The van der Waals surface area contributed by atoms with Gasteiger partial charge < -0.3 is 20.9 Å². The maximum absolute atomic E-state index is 11.7. The number of nitrogens with zero attached hydrogens (tertiary/aromatic N) is 3. The highest BCUT2D eigenvalue weighted by molar-refractivity contribution is 5.94. The molecular formula is C23H25N5O3. The zero-order valence-electron chi connectivity index (χ0n) is 17.7. The van der Waals surface area contributed by atoms with Crippen LogP contribution in [0.2, 0.25) is 0 Å². The average molecular weight is 419 g/mol. The summed E-state index contributed by atoms with van der Waals surface area (Å²) in [4.78, 5) is 20.2. The maximum atomic E-state index is 11.7. The van der Waals surface area contributed by atoms with Crippen LogP contribution in [0.4, 0.5) is 5.82 Å². The van der Waals surface area contributed by atoms with E-state index in [4.69, 9.17) is 15.7 Å². The number of carbonyl (C=O) groups is 1. The van der Waals surface area contributed by atoms with Crippen molar-refractivity contribution < 1.29 is 14.6 Å². The molecule has 0 fully saturated rings. The van der Waals surface area contributed by atoms with E-state index in [0.717, 1.165) is 22.3 Å². The molecule has 0 spiro atoms. The van der Waals surface area contributed by atoms with E-state index < -0.39 is 6.10 Å². The van der Waals surface area contributed by atoms with Gasteiger partial charge in [-0.05, 0) is 61.4 Å². The first-order chi connectivity index (χ1) is 14.8. The lowest BCUT2D eigenvalue weighted by molar-refractivity contribution is 0.0535. The highest BCUT2D eigenvalue weighted by atomic mass is 16.5. The number of fused-ring (bicyclic) bond motifs is 1. The van der Waals surface area contributed by atoms with Crippen molar-refractivity contribution in [2.75, 3.05) is 6.54 Å². The largest absolute Gasteiger partial charge is 0.457 e. The van der Waals surface area contributed by atoms with Crippen LogP contribution in [0.25, 0.3) is 0 Å². The van der Waals surface area contributed by atoms with Gasteiger partial charge >= 0.3 is 5.97 Å². The first kappa shape index (κ1) is 22.2. The maximum Gasteiger partial charge on any atom is 0.338 e. The number of pyridine rings is 1. The van der Waals surface area contributed by atoms with Crippen LogP contribution in [0.3, 0.4) is 0 Å². The zero-order chi connectivity index (χ0) is 22.5. The summed E-state index contributed by atoms with van der Waals surface area (Å²) >= 11 is 0. The first-order valence-corrected chi connectivity index (χ1v) is 9.88. The zero-order valence-corrected chi connectivity index (χ0v) is 17.7. The number of aliphatic hydroxyl groups excluding tert-OH is 1. The second kappa shape index (κ2) is 9.51. The molecule has 8 nitrogen and oxygen atoms in total. The van der Waals surface area contributed by atoms with Crippen molar-refractivity contribution in [3.63, 3.8) is 0 Å². The van der Waals surface area contributed by atoms with Crippen molar-refractivity contribution in [3.8, 4) is 6.07 Å². The van der Waals surface area contributed by atoms with Crippen molar-refractivity contribution in [1.82, 2.24) is 10.3 Å². The van der Waals surface area contributed by atoms with E-state index in [0.29, 0.717) is 29.1 Å². The summed E-state index contributed by atoms with van der Waals surface area (Å²) in [5.74, 6) is 0.156. The second-order valence-electron chi connectivity index (χ2n) is 7.47. The van der Waals surface area contributed by atoms with Crippen LogP contribution in [0.1, 0.15) is 51.2 Å². The average Bonchev–Trinajstić information content (AvgIpc) is 3.15. The highest BCUT2D eigenvalue weighted by Crippen LogP contribution is 2.30. The van der Waals surface area contributed by atoms with E-state index in [9.17, 15) is 9.90 Å². The van der Waals surface area contributed by atoms with Gasteiger partial charge in [0, 0.05) is 30.6 Å². The Bertz CT molecular complexity index is 1100. The lowest BCUT2D eigenvalue weighted by Crippen LogP contribution is -2.34. The number of aryl methyl sites for hydroxylation is 1. The Morgan fingerprint density at radius 1 is 1.48 bits per heavy atom. The number of hydrogen-bond acceptors (Lipinski definition) is 8. The summed E-state index contributed by atoms with van der Waals surface area (Å²) in [6, 6.07) is 6.99. The monoisotopic (exact) mass is 419 g/mol. The number of benzene rings is 1. The van der Waals surface area contributed by atoms with E-state index in [1.54, 1.807) is 24.4 Å². The molecule has 1 aromatic heterocycles. The van der Waals surface area contributed by atoms with E-state index in [1.807, 2.05) is 20.8 Å². The third-order valence-electron chi connectivity index (χ3n) is 5.42. The number of esters is 1. The number of nitrogens with two attached hydrogens (primary N) is 1. The van der Waals surface area contributed by atoms with Gasteiger partial charge in [0.25, 0.3) is 0 Å². The Labute approximate surface area is 181 Å². The molecule has 8 heteroatoms. The number of cyclic esters (lactones) is 1. The van der Waals surface area contributed by atoms with Gasteiger partial charge in [0.2, 0.25) is 0 Å². The number of aliphatic imine (C=N–C) groups is 1. The summed E-state index contributed by atoms with van der Waals surface area (Å²) in [6.45, 7) is 6.21. The lowest BCUT2D eigenvalue weighted by atomic mass is 9.93. The van der Waals surface area contributed by atoms with Gasteiger partial charge in [-0.15, -0.1) is 0 Å². The summed E-state index contributed by atoms with van der Waals surface area (Å²) in [7, 11) is 0. The fourth-order valence-electron chi connectivity index (χ4n) is 3.37. The molecule has 0 saturated carbocycles. The van der Waals surface area contributed by atoms with Gasteiger partial charge in [-0.25, -0.2) is 14.8 Å². The smallest absolute Gasteiger partial charge is 0.338 e. The molecule has 1 aromatic carbocycles. The molecule has 2 heterocycles. The SMILES string of the molecule is Cc1cc(N=CC(=CN)CNC(C)C(O)c2ccc3c(c2C)COC3=O)ncc1C#N. The van der Waals surface area contributed by atoms with Gasteiger partial charge in [-0.1, -0.05) is 6.07 Å². The fourth-order valence-corrected chi connectivity index (χ4v) is 3.37. The molecule has 0 aliphatic carbocycles. The molecule has 2 unspecified atom stereocenters. The number of hydrogen-bond donors (Lipinski definition) is 3. The topological polar surface area (TPSA) is 134 Å². The number of rotatable bonds is 7. The van der Waals surface area contributed by atoms with Crippen LogP contribution >= 0.6 is 0 Å². The van der Waals surface area contributed by atoms with E-state index in [2.05, 4.69) is 21.4 Å². The third-order valence-corrected chi connectivity index (χ3v) is 5.42. The predicted molar refractivity (Wildman–Crippen MR) is 117 cm³/mol. The van der Waals surface area contributed by atoms with Crippen LogP contribution < -0.4 is 11.1 Å². The number of ether oxygens (including phenoxy) is 1. The predicted octanol–water partition coefficient (Wildman–Crippen LogP) is 2.50. The van der Waals surface area contributed by atoms with Gasteiger partial charge in [0.15, 0.2) is 5.82 Å². The third kappa shape index (κ3) is 4.79. The van der Waals surface area contributed by atoms with Crippen molar-refractivity contribution in [3.05, 3.63) is 69.5 Å². The summed E-state index contributed by atoms with van der Waals surface area (Å²) in [5.41, 5.74) is 10.7. The molecular weight excluding hydrogens is 394 g/mol. The molecule has 160 valence electrons. The molecule has 0 saturated heterocycles. The van der Waals surface area contributed by atoms with Crippen LogP contribution in [-0.4, -0.2) is 34.9 Å². The molecule has 2 aromatic rings. The Morgan fingerprint density at radius 2 is 2.26 bits per heavy atom. The van der Waals surface area contributed by atoms with Crippen molar-refractivity contribution in [2.24, 2.45) is 10.7 Å². The van der Waals surface area contributed by atoms with Gasteiger partial charge in [-0.3, -0.25) is 0 Å². The molecule has 3 rings (SSSR count). The highest BCUT2D eigenvalue weighted by Gasteiger charge is 2.27. The minimum atomic E-state index is -0.778. The summed E-state index contributed by atoms with van der Waals surface area (Å²) < 4.78 is 5.08. The Balaban J connectivity index is 1.64. The van der Waals surface area contributed by atoms with Gasteiger partial charge in [-0.2, -0.15) is 5.26 Å². The number of nitriles is 1. The minimum Gasteiger partial charge on any atom is -0.457 e. The number of carbonyl (C=O) groups excluding carboxylic acids is 1. The quantitative estimate of drug-likeness (QED) is 0.464. The van der Waals surface area contributed by atoms with Gasteiger partial charge in [0.1, 0.15) is 12.7 Å². The number of nitrogens with one attached hydrogen (secondary N) is 1. The molecule has 0 bridgehead atoms. The molecule has 4 N–H and O–H groups in total. The molecule has 0 amide bonds. The Hall–Kier alpha value is -3.54. The minimum absolute atomic E-state index is 0.238. The number of aromatic nitrogens is 1. The van der Waals surface area contributed by atoms with E-state index in [-0.39, 0.29) is 18.6 Å². The Morgan fingerprint density at radius 3 is 2.94 bits per heavy atom. The van der Waals surface area contributed by atoms with Crippen molar-refractivity contribution in [2.45, 2.75) is 39.5 Å². The number of aliphatic hydroxyl groups is 1. The summed E-state index contributed by atoms with van der Waals surface area (Å²) in [5, 5.41) is 23.1. The summed E-state index contributed by atoms with van der Waals surface area (Å²) in [6.07, 6.45) is 3.75. The standard InChI is InChI=1S/C23H25N5O3/c1-13-6-21(28-11-17(13)8-25)27-10-16(7-24)9-26-15(3)22(29)18-4-5-19-20(14(18)2)12-31-23(19)30/h4-7,10-11,15,22,26,29H,9,12,24H2,1-3H3. The van der Waals surface area contributed by atoms with Crippen molar-refractivity contribution >= 4 is 18.0 Å². The molecule has 0 radical (unpaired) electrons. The molecule has 31 heavy (non-hydrogen) atoms. The van der Waals surface area contributed by atoms with Gasteiger partial charge in [0.05, 0.1) is 17.2 Å².